The largest absolute Gasteiger partial charge is 0 e. The van der Waals surface area contributed by atoms with Crippen LogP contribution >= 0.6 is 0 Å². The summed E-state index contributed by atoms with van der Waals surface area (Å²) in [7, 11) is 0. The monoisotopic (exact) mass is 273 g/mol. The maximum atomic E-state index is 0. The molecule has 4 heavy (non-hydrogen) atoms. The maximum Gasteiger partial charge on any atom is 0 e. The van der Waals surface area contributed by atoms with Gasteiger partial charge in [0.1, 0.15) is 0 Å². The van der Waals surface area contributed by atoms with E-state index in [1.807, 2.05) is 0 Å². The van der Waals surface area contributed by atoms with Crippen LogP contribution < -0.4 is 0 Å². The number of hydrogen-bond donors (Lipinski definition) is 0. The van der Waals surface area contributed by atoms with Crippen LogP contribution in [0.2, 0.25) is 0 Å². The van der Waals surface area contributed by atoms with Crippen LogP contribution in [0.1, 0.15) is 0 Å². The first kappa shape index (κ1) is 31.5. The molecule has 0 bridgehead atoms. The zero-order valence-corrected chi connectivity index (χ0v) is 6.65. The molecule has 4 heteroatoms. The van der Waals surface area contributed by atoms with E-state index in [1.165, 1.54) is 0 Å². The summed E-state index contributed by atoms with van der Waals surface area (Å²) in [6.45, 7) is 0. The molecular formula is AgCuMnTi. The van der Waals surface area contributed by atoms with Gasteiger partial charge in [0.05, 0.1) is 0 Å². The minimum atomic E-state index is 0. The van der Waals surface area contributed by atoms with Crippen LogP contribution in [-0.2, 0) is 78.2 Å². The summed E-state index contributed by atoms with van der Waals surface area (Å²) in [5, 5.41) is 0. The molecule has 0 aliphatic heterocycles. The summed E-state index contributed by atoms with van der Waals surface area (Å²) in [6, 6.07) is 0. The Balaban J connectivity index is 0. The molecule has 0 nitrogen and oxygen atoms in total. The normalized spacial score (nSPS) is 0. The summed E-state index contributed by atoms with van der Waals surface area (Å²) in [5.41, 5.74) is 0. The fourth-order valence-electron chi connectivity index (χ4n) is 0. The van der Waals surface area contributed by atoms with Gasteiger partial charge in [0.2, 0.25) is 0 Å². The molecule has 0 spiro atoms. The zero-order chi connectivity index (χ0) is 0. The molecule has 0 amide bonds. The van der Waals surface area contributed by atoms with Crippen molar-refractivity contribution in [1.29, 1.82) is 0 Å². The third-order valence-corrected chi connectivity index (χ3v) is 0. The smallest absolute Gasteiger partial charge is 0 e. The van der Waals surface area contributed by atoms with Gasteiger partial charge in [0.25, 0.3) is 0 Å². The first-order valence-electron chi connectivity index (χ1n) is 0. The van der Waals surface area contributed by atoms with E-state index >= 15 is 0 Å². The molecule has 0 aromatic rings. The van der Waals surface area contributed by atoms with Gasteiger partial charge in [0.15, 0.2) is 0 Å². The van der Waals surface area contributed by atoms with Crippen molar-refractivity contribution in [2.45, 2.75) is 0 Å². The molecule has 0 unspecified atom stereocenters. The van der Waals surface area contributed by atoms with Gasteiger partial charge in [-0.25, -0.2) is 0 Å². The van der Waals surface area contributed by atoms with Gasteiger partial charge in [0, 0.05) is 78.2 Å². The molecule has 0 saturated heterocycles. The Hall–Kier alpha value is 2.49. The summed E-state index contributed by atoms with van der Waals surface area (Å²) < 4.78 is 0. The Morgan fingerprint density at radius 2 is 1.00 bits per heavy atom. The molecule has 0 saturated carbocycles. The Bertz CT molecular complexity index is 8.00. The van der Waals surface area contributed by atoms with Crippen LogP contribution in [0.3, 0.4) is 0 Å². The predicted octanol–water partition coefficient (Wildman–Crippen LogP) is -0.0100. The Morgan fingerprint density at radius 3 is 1.00 bits per heavy atom. The molecule has 0 atom stereocenters. The van der Waals surface area contributed by atoms with Crippen molar-refractivity contribution < 1.29 is 78.2 Å². The summed E-state index contributed by atoms with van der Waals surface area (Å²) in [5.74, 6) is 0. The predicted molar refractivity (Wildman–Crippen MR) is 0 cm³/mol. The molecule has 33 valence electrons. The number of hydrogen-bond acceptors (Lipinski definition) is 0. The third-order valence-electron chi connectivity index (χ3n) is 0. The van der Waals surface area contributed by atoms with Crippen LogP contribution in [0.15, 0.2) is 0 Å². The molecule has 3 radical (unpaired) electrons. The van der Waals surface area contributed by atoms with E-state index in [9.17, 15) is 0 Å². The van der Waals surface area contributed by atoms with Crippen LogP contribution in [0.25, 0.3) is 0 Å². The average Bonchev–Trinajstić information content (AvgIpc) is 0. The van der Waals surface area contributed by atoms with E-state index in [1.54, 1.807) is 0 Å². The molecular weight excluding hydrogens is 274 g/mol. The van der Waals surface area contributed by atoms with E-state index in [2.05, 4.69) is 0 Å². The van der Waals surface area contributed by atoms with Gasteiger partial charge in [-0.1, -0.05) is 0 Å². The first-order chi connectivity index (χ1) is 0. The Labute approximate surface area is 77.2 Å². The topological polar surface area (TPSA) is 0 Å². The quantitative estimate of drug-likeness (QED) is 0.545. The van der Waals surface area contributed by atoms with Crippen molar-refractivity contribution in [2.75, 3.05) is 0 Å². The van der Waals surface area contributed by atoms with Gasteiger partial charge >= 0.3 is 0 Å². The fraction of sp³-hybridized carbons (Fsp3) is 0. The van der Waals surface area contributed by atoms with Crippen molar-refractivity contribution >= 4 is 0 Å². The van der Waals surface area contributed by atoms with Gasteiger partial charge in [-0.05, 0) is 0 Å². The van der Waals surface area contributed by atoms with Crippen molar-refractivity contribution in [3.8, 4) is 0 Å². The third kappa shape index (κ3) is 8.82. The Kier molecular flexibility index (Phi) is 141. The van der Waals surface area contributed by atoms with E-state index in [0.717, 1.165) is 0 Å². The standard InChI is InChI=1S/Ag.Cu.Mn.Ti. The second-order valence-electron chi connectivity index (χ2n) is 0. The molecule has 0 aliphatic rings. The number of rotatable bonds is 0. The Morgan fingerprint density at radius 1 is 1.00 bits per heavy atom. The second-order valence-corrected chi connectivity index (χ2v) is 0. The minimum Gasteiger partial charge on any atom is 0 e. The summed E-state index contributed by atoms with van der Waals surface area (Å²) in [6.07, 6.45) is 0. The van der Waals surface area contributed by atoms with Crippen molar-refractivity contribution in [2.24, 2.45) is 0 Å². The summed E-state index contributed by atoms with van der Waals surface area (Å²) >= 11 is 0. The second kappa shape index (κ2) is 17.8. The van der Waals surface area contributed by atoms with Crippen molar-refractivity contribution in [3.63, 3.8) is 0 Å². The SMILES string of the molecule is [Ag].[Cu].[Mn].[Ti]. The molecule has 0 fully saturated rings. The van der Waals surface area contributed by atoms with E-state index in [4.69, 9.17) is 0 Å². The molecule has 0 aromatic carbocycles. The average molecular weight is 274 g/mol. The van der Waals surface area contributed by atoms with Crippen molar-refractivity contribution in [1.82, 2.24) is 0 Å². The van der Waals surface area contributed by atoms with E-state index < -0.39 is 0 Å². The van der Waals surface area contributed by atoms with Gasteiger partial charge < -0.3 is 0 Å². The van der Waals surface area contributed by atoms with Crippen molar-refractivity contribution in [3.05, 3.63) is 0 Å². The maximum absolute atomic E-state index is 0. The summed E-state index contributed by atoms with van der Waals surface area (Å²) in [4.78, 5) is 0. The molecule has 0 heterocycles. The molecule has 0 aliphatic carbocycles. The van der Waals surface area contributed by atoms with Crippen LogP contribution in [0, 0.1) is 0 Å². The van der Waals surface area contributed by atoms with E-state index in [0.29, 0.717) is 0 Å². The van der Waals surface area contributed by atoms with Crippen LogP contribution in [-0.4, -0.2) is 0 Å². The molecule has 0 rings (SSSR count). The molecule has 0 aromatic heterocycles. The zero-order valence-electron chi connectivity index (χ0n) is 1.48. The first-order valence-corrected chi connectivity index (χ1v) is 0. The molecule has 0 N–H and O–H groups in total. The van der Waals surface area contributed by atoms with Crippen LogP contribution in [0.5, 0.6) is 0 Å². The van der Waals surface area contributed by atoms with Gasteiger partial charge in [-0.2, -0.15) is 0 Å². The fourth-order valence-corrected chi connectivity index (χ4v) is 0. The van der Waals surface area contributed by atoms with Crippen LogP contribution in [0.4, 0.5) is 0 Å². The minimum absolute atomic E-state index is 0. The van der Waals surface area contributed by atoms with E-state index in [-0.39, 0.29) is 78.2 Å². The van der Waals surface area contributed by atoms with Gasteiger partial charge in [-0.15, -0.1) is 0 Å². The van der Waals surface area contributed by atoms with Gasteiger partial charge in [-0.3, -0.25) is 0 Å².